The van der Waals surface area contributed by atoms with Crippen molar-refractivity contribution in [3.05, 3.63) is 23.9 Å². The van der Waals surface area contributed by atoms with Gasteiger partial charge in [0.25, 0.3) is 0 Å². The zero-order chi connectivity index (χ0) is 10.4. The topological polar surface area (TPSA) is 53.2 Å². The first-order valence-corrected chi connectivity index (χ1v) is 3.82. The summed E-state index contributed by atoms with van der Waals surface area (Å²) in [5, 5.41) is 8.77. The minimum absolute atomic E-state index is 0.178. The van der Waals surface area contributed by atoms with Crippen LogP contribution in [-0.2, 0) is 4.79 Å². The summed E-state index contributed by atoms with van der Waals surface area (Å²) in [6.45, 7) is 8.29. The van der Waals surface area contributed by atoms with Gasteiger partial charge >= 0.3 is 0 Å². The Labute approximate surface area is 78.1 Å². The van der Waals surface area contributed by atoms with E-state index in [2.05, 4.69) is 11.6 Å². The molecule has 0 saturated carbocycles. The summed E-state index contributed by atoms with van der Waals surface area (Å²) in [4.78, 5) is 14.8. The van der Waals surface area contributed by atoms with Crippen LogP contribution >= 0.6 is 0 Å². The number of aliphatic imine (C=N–C) groups is 1. The molecule has 0 saturated heterocycles. The number of carbonyl (C=O) groups is 1. The molecule has 0 fully saturated rings. The molecule has 0 unspecified atom stereocenters. The third-order valence-electron chi connectivity index (χ3n) is 1.40. The van der Waals surface area contributed by atoms with Crippen LogP contribution in [0.5, 0.6) is 0 Å². The molecule has 0 rings (SSSR count). The number of ketones is 1. The Kier molecular flexibility index (Phi) is 4.39. The molecule has 0 aromatic carbocycles. The van der Waals surface area contributed by atoms with Crippen LogP contribution in [0.15, 0.2) is 28.9 Å². The van der Waals surface area contributed by atoms with Crippen molar-refractivity contribution in [2.45, 2.75) is 20.8 Å². The van der Waals surface area contributed by atoms with Crippen LogP contribution in [0.3, 0.4) is 0 Å². The molecule has 0 amide bonds. The summed E-state index contributed by atoms with van der Waals surface area (Å²) in [5.74, 6) is -0.224. The van der Waals surface area contributed by atoms with Crippen molar-refractivity contribution in [1.29, 1.82) is 5.26 Å². The Morgan fingerprint density at radius 2 is 2.00 bits per heavy atom. The number of hydrogen-bond acceptors (Lipinski definition) is 3. The van der Waals surface area contributed by atoms with Crippen LogP contribution < -0.4 is 0 Å². The van der Waals surface area contributed by atoms with E-state index in [1.165, 1.54) is 13.1 Å². The van der Waals surface area contributed by atoms with E-state index in [0.717, 1.165) is 5.57 Å². The van der Waals surface area contributed by atoms with Crippen LogP contribution in [0.4, 0.5) is 0 Å². The molecule has 0 aliphatic rings. The van der Waals surface area contributed by atoms with Gasteiger partial charge in [-0.15, -0.1) is 0 Å². The highest BCUT2D eigenvalue weighted by molar-refractivity contribution is 6.46. The van der Waals surface area contributed by atoms with Crippen molar-refractivity contribution in [2.75, 3.05) is 0 Å². The van der Waals surface area contributed by atoms with Crippen molar-refractivity contribution in [3.63, 3.8) is 0 Å². The van der Waals surface area contributed by atoms with Gasteiger partial charge < -0.3 is 0 Å². The SMILES string of the molecule is C=C/N=C(/C(C)=O)C(C#N)=C(C)C. The molecule has 3 heteroatoms. The summed E-state index contributed by atoms with van der Waals surface area (Å²) < 4.78 is 0. The molecule has 0 spiro atoms. The molecule has 13 heavy (non-hydrogen) atoms. The van der Waals surface area contributed by atoms with Gasteiger partial charge in [-0.05, 0) is 13.8 Å². The van der Waals surface area contributed by atoms with Crippen molar-refractivity contribution >= 4 is 11.5 Å². The second kappa shape index (κ2) is 5.04. The first-order valence-electron chi connectivity index (χ1n) is 3.82. The number of nitriles is 1. The summed E-state index contributed by atoms with van der Waals surface area (Å²) in [5.41, 5.74) is 1.28. The Bertz CT molecular complexity index is 325. The number of carbonyl (C=O) groups excluding carboxylic acids is 1. The zero-order valence-corrected chi connectivity index (χ0v) is 8.09. The Morgan fingerprint density at radius 3 is 2.23 bits per heavy atom. The molecule has 0 bridgehead atoms. The highest BCUT2D eigenvalue weighted by atomic mass is 16.1. The molecule has 0 N–H and O–H groups in total. The number of nitrogens with zero attached hydrogens (tertiary/aromatic N) is 2. The Hall–Kier alpha value is -1.69. The van der Waals surface area contributed by atoms with E-state index in [4.69, 9.17) is 5.26 Å². The fourth-order valence-electron chi connectivity index (χ4n) is 0.824. The lowest BCUT2D eigenvalue weighted by atomic mass is 10.0. The normalized spacial score (nSPS) is 10.2. The minimum atomic E-state index is -0.224. The van der Waals surface area contributed by atoms with Crippen LogP contribution in [0.1, 0.15) is 20.8 Å². The van der Waals surface area contributed by atoms with Gasteiger partial charge in [-0.3, -0.25) is 9.79 Å². The van der Waals surface area contributed by atoms with E-state index in [0.29, 0.717) is 5.57 Å². The van der Waals surface area contributed by atoms with Crippen LogP contribution in [0.25, 0.3) is 0 Å². The van der Waals surface area contributed by atoms with Crippen LogP contribution in [-0.4, -0.2) is 11.5 Å². The monoisotopic (exact) mass is 176 g/mol. The Morgan fingerprint density at radius 1 is 1.46 bits per heavy atom. The largest absolute Gasteiger partial charge is 0.293 e. The predicted molar refractivity (Wildman–Crippen MR) is 52.3 cm³/mol. The zero-order valence-electron chi connectivity index (χ0n) is 8.09. The maximum absolute atomic E-state index is 11.1. The first kappa shape index (κ1) is 11.3. The van der Waals surface area contributed by atoms with Crippen LogP contribution in [0.2, 0.25) is 0 Å². The molecule has 0 aromatic rings. The first-order chi connectivity index (χ1) is 6.04. The number of allylic oxidation sites excluding steroid dienone is 2. The van der Waals surface area contributed by atoms with Crippen molar-refractivity contribution < 1.29 is 4.79 Å². The van der Waals surface area contributed by atoms with Gasteiger partial charge in [0.1, 0.15) is 11.8 Å². The lowest BCUT2D eigenvalue weighted by Gasteiger charge is -2.00. The van der Waals surface area contributed by atoms with Crippen molar-refractivity contribution in [3.8, 4) is 6.07 Å². The molecule has 3 nitrogen and oxygen atoms in total. The average molecular weight is 176 g/mol. The molecule has 0 radical (unpaired) electrons. The molecular formula is C10H12N2O. The number of Topliss-reactive ketones (excluding diaryl/α,β-unsaturated/α-hetero) is 1. The average Bonchev–Trinajstić information content (AvgIpc) is 2.03. The lowest BCUT2D eigenvalue weighted by Crippen LogP contribution is -2.12. The van der Waals surface area contributed by atoms with Gasteiger partial charge in [-0.25, -0.2) is 0 Å². The fourth-order valence-corrected chi connectivity index (χ4v) is 0.824. The highest BCUT2D eigenvalue weighted by Gasteiger charge is 2.12. The number of rotatable bonds is 3. The summed E-state index contributed by atoms with van der Waals surface area (Å²) in [7, 11) is 0. The van der Waals surface area contributed by atoms with E-state index in [9.17, 15) is 4.79 Å². The summed E-state index contributed by atoms with van der Waals surface area (Å²) in [6.07, 6.45) is 1.26. The Balaban J connectivity index is 5.34. The van der Waals surface area contributed by atoms with Gasteiger partial charge in [-0.1, -0.05) is 12.2 Å². The molecule has 0 aliphatic carbocycles. The smallest absolute Gasteiger partial charge is 0.179 e. The third kappa shape index (κ3) is 3.04. The number of hydrogen-bond donors (Lipinski definition) is 0. The molecule has 0 aliphatic heterocycles. The second-order valence-electron chi connectivity index (χ2n) is 2.70. The van der Waals surface area contributed by atoms with E-state index in [1.807, 2.05) is 6.07 Å². The standard InChI is InChI=1S/C10H12N2O/c1-5-12-10(8(4)13)9(6-11)7(2)3/h5H,1H2,2-4H3/b12-10-. The van der Waals surface area contributed by atoms with Crippen molar-refractivity contribution in [2.24, 2.45) is 4.99 Å². The molecule has 0 heterocycles. The van der Waals surface area contributed by atoms with Gasteiger partial charge in [0.2, 0.25) is 0 Å². The van der Waals surface area contributed by atoms with E-state index in [-0.39, 0.29) is 11.5 Å². The minimum Gasteiger partial charge on any atom is -0.293 e. The van der Waals surface area contributed by atoms with Crippen molar-refractivity contribution in [1.82, 2.24) is 0 Å². The second-order valence-corrected chi connectivity index (χ2v) is 2.70. The molecular weight excluding hydrogens is 164 g/mol. The van der Waals surface area contributed by atoms with Gasteiger partial charge in [-0.2, -0.15) is 5.26 Å². The van der Waals surface area contributed by atoms with E-state index in [1.54, 1.807) is 13.8 Å². The highest BCUT2D eigenvalue weighted by Crippen LogP contribution is 2.06. The van der Waals surface area contributed by atoms with E-state index >= 15 is 0 Å². The lowest BCUT2D eigenvalue weighted by molar-refractivity contribution is -0.111. The predicted octanol–water partition coefficient (Wildman–Crippen LogP) is 2.02. The van der Waals surface area contributed by atoms with Gasteiger partial charge in [0.05, 0.1) is 5.57 Å². The van der Waals surface area contributed by atoms with Gasteiger partial charge in [0, 0.05) is 13.1 Å². The maximum Gasteiger partial charge on any atom is 0.179 e. The third-order valence-corrected chi connectivity index (χ3v) is 1.40. The summed E-state index contributed by atoms with van der Waals surface area (Å²) in [6, 6.07) is 1.95. The molecule has 0 aromatic heterocycles. The summed E-state index contributed by atoms with van der Waals surface area (Å²) >= 11 is 0. The maximum atomic E-state index is 11.1. The molecule has 0 atom stereocenters. The molecule has 68 valence electrons. The van der Waals surface area contributed by atoms with E-state index < -0.39 is 0 Å². The quantitative estimate of drug-likeness (QED) is 0.488. The van der Waals surface area contributed by atoms with Gasteiger partial charge in [0.15, 0.2) is 5.78 Å². The van der Waals surface area contributed by atoms with Crippen LogP contribution in [0, 0.1) is 11.3 Å². The fraction of sp³-hybridized carbons (Fsp3) is 0.300.